The van der Waals surface area contributed by atoms with Gasteiger partial charge >= 0.3 is 0 Å². The molecule has 0 saturated carbocycles. The number of fused-ring (bicyclic) bond motifs is 1. The molecule has 1 aliphatic carbocycles. The summed E-state index contributed by atoms with van der Waals surface area (Å²) in [6.45, 7) is 2.14. The largest absolute Gasteiger partial charge is 0.208 e. The lowest BCUT2D eigenvalue weighted by Crippen LogP contribution is -2.12. The Morgan fingerprint density at radius 3 is 2.90 bits per heavy atom. The molecule has 1 aromatic rings. The van der Waals surface area contributed by atoms with Gasteiger partial charge in [0.15, 0.2) is 0 Å². The van der Waals surface area contributed by atoms with Gasteiger partial charge in [0.05, 0.1) is 5.69 Å². The Morgan fingerprint density at radius 2 is 2.10 bits per heavy atom. The third-order valence-corrected chi connectivity index (χ3v) is 2.32. The van der Waals surface area contributed by atoms with Crippen LogP contribution in [0, 0.1) is 6.92 Å². The molecule has 1 heterocycles. The van der Waals surface area contributed by atoms with Gasteiger partial charge in [0.1, 0.15) is 0 Å². The molecule has 2 N–H and O–H groups in total. The molecule has 1 aromatic heterocycles. The average Bonchev–Trinajstić information content (AvgIpc) is 2.34. The first kappa shape index (κ1) is 5.96. The first-order valence-corrected chi connectivity index (χ1v) is 3.96. The molecule has 0 unspecified atom stereocenters. The second kappa shape index (κ2) is 2.11. The van der Waals surface area contributed by atoms with E-state index in [1.165, 1.54) is 42.6 Å². The molecule has 0 spiro atoms. The fraction of sp³-hybridized carbons (Fsp3) is 0.625. The highest BCUT2D eigenvalue weighted by Gasteiger charge is 2.18. The van der Waals surface area contributed by atoms with Crippen LogP contribution >= 0.6 is 0 Å². The number of aromatic amines is 2. The van der Waals surface area contributed by atoms with Crippen molar-refractivity contribution in [3.8, 4) is 0 Å². The molecule has 0 aliphatic heterocycles. The summed E-state index contributed by atoms with van der Waals surface area (Å²) >= 11 is 0. The van der Waals surface area contributed by atoms with E-state index in [0.717, 1.165) is 0 Å². The minimum Gasteiger partial charge on any atom is -0.172 e. The number of hydrogen-bond acceptors (Lipinski definition) is 0. The number of aryl methyl sites for hydroxylation is 2. The van der Waals surface area contributed by atoms with Gasteiger partial charge in [0, 0.05) is 12.0 Å². The van der Waals surface area contributed by atoms with E-state index in [9.17, 15) is 0 Å². The zero-order valence-corrected chi connectivity index (χ0v) is 6.33. The maximum atomic E-state index is 3.20. The maximum Gasteiger partial charge on any atom is 0.208 e. The number of rotatable bonds is 0. The third-order valence-electron chi connectivity index (χ3n) is 2.32. The van der Waals surface area contributed by atoms with E-state index in [2.05, 4.69) is 17.1 Å². The summed E-state index contributed by atoms with van der Waals surface area (Å²) in [5.41, 5.74) is 4.30. The topological polar surface area (TPSA) is 29.9 Å². The molecular weight excluding hydrogens is 124 g/mol. The van der Waals surface area contributed by atoms with E-state index in [1.54, 1.807) is 0 Å². The molecule has 0 radical (unpaired) electrons. The van der Waals surface area contributed by atoms with Gasteiger partial charge in [0.25, 0.3) is 0 Å². The highest BCUT2D eigenvalue weighted by atomic mass is 15.1. The zero-order valence-electron chi connectivity index (χ0n) is 6.33. The minimum absolute atomic E-state index is 1.24. The fourth-order valence-corrected chi connectivity index (χ4v) is 1.70. The van der Waals surface area contributed by atoms with Gasteiger partial charge in [-0.05, 0) is 26.2 Å². The third kappa shape index (κ3) is 0.753. The van der Waals surface area contributed by atoms with Gasteiger partial charge in [-0.1, -0.05) is 0 Å². The number of H-pyrrole nitrogens is 2. The molecular formula is C8H13N2+. The Morgan fingerprint density at radius 1 is 1.30 bits per heavy atom. The lowest BCUT2D eigenvalue weighted by Gasteiger charge is -2.04. The Hall–Kier alpha value is -0.790. The van der Waals surface area contributed by atoms with Gasteiger partial charge in [-0.2, -0.15) is 5.10 Å². The van der Waals surface area contributed by atoms with Crippen molar-refractivity contribution in [1.82, 2.24) is 5.10 Å². The second-order valence-electron chi connectivity index (χ2n) is 3.04. The number of nitrogens with one attached hydrogen (secondary N) is 2. The van der Waals surface area contributed by atoms with Crippen molar-refractivity contribution in [2.45, 2.75) is 32.6 Å². The zero-order chi connectivity index (χ0) is 6.97. The molecule has 2 nitrogen and oxygen atoms in total. The van der Waals surface area contributed by atoms with Crippen molar-refractivity contribution in [1.29, 1.82) is 0 Å². The van der Waals surface area contributed by atoms with Gasteiger partial charge < -0.3 is 0 Å². The molecule has 0 fully saturated rings. The van der Waals surface area contributed by atoms with Crippen LogP contribution in [0.1, 0.15) is 29.8 Å². The summed E-state index contributed by atoms with van der Waals surface area (Å²) in [5.74, 6) is 0. The molecule has 0 atom stereocenters. The van der Waals surface area contributed by atoms with E-state index in [1.807, 2.05) is 0 Å². The highest BCUT2D eigenvalue weighted by Crippen LogP contribution is 2.18. The van der Waals surface area contributed by atoms with Gasteiger partial charge in [-0.3, -0.25) is 0 Å². The molecule has 0 saturated heterocycles. The summed E-state index contributed by atoms with van der Waals surface area (Å²) in [6.07, 6.45) is 5.21. The minimum atomic E-state index is 1.24. The average molecular weight is 137 g/mol. The molecule has 0 amide bonds. The lowest BCUT2D eigenvalue weighted by molar-refractivity contribution is -0.460. The monoisotopic (exact) mass is 137 g/mol. The van der Waals surface area contributed by atoms with Crippen molar-refractivity contribution < 1.29 is 5.10 Å². The first-order valence-electron chi connectivity index (χ1n) is 3.96. The van der Waals surface area contributed by atoms with Gasteiger partial charge in [0.2, 0.25) is 5.69 Å². The van der Waals surface area contributed by atoms with Crippen molar-refractivity contribution in [2.24, 2.45) is 0 Å². The molecule has 0 bridgehead atoms. The Kier molecular flexibility index (Phi) is 1.26. The smallest absolute Gasteiger partial charge is 0.172 e. The summed E-state index contributed by atoms with van der Waals surface area (Å²) in [5, 5.41) is 6.35. The molecule has 0 aromatic carbocycles. The van der Waals surface area contributed by atoms with Crippen LogP contribution in [0.25, 0.3) is 0 Å². The lowest BCUT2D eigenvalue weighted by atomic mass is 9.96. The predicted octanol–water partition coefficient (Wildman–Crippen LogP) is 1.02. The number of hydrogen-bond donors (Lipinski definition) is 1. The van der Waals surface area contributed by atoms with E-state index in [0.29, 0.717) is 0 Å². The van der Waals surface area contributed by atoms with Crippen molar-refractivity contribution in [2.75, 3.05) is 0 Å². The highest BCUT2D eigenvalue weighted by molar-refractivity contribution is 5.22. The Labute approximate surface area is 60.6 Å². The first-order chi connectivity index (χ1) is 4.88. The number of aromatic nitrogens is 2. The summed E-state index contributed by atoms with van der Waals surface area (Å²) < 4.78 is 0. The van der Waals surface area contributed by atoms with Crippen molar-refractivity contribution in [3.05, 3.63) is 17.0 Å². The van der Waals surface area contributed by atoms with E-state index in [-0.39, 0.29) is 0 Å². The van der Waals surface area contributed by atoms with Crippen molar-refractivity contribution in [3.63, 3.8) is 0 Å². The van der Waals surface area contributed by atoms with Gasteiger partial charge in [-0.25, -0.2) is 0 Å². The summed E-state index contributed by atoms with van der Waals surface area (Å²) in [4.78, 5) is 0. The molecule has 10 heavy (non-hydrogen) atoms. The molecule has 2 rings (SSSR count). The van der Waals surface area contributed by atoms with Crippen LogP contribution in [-0.2, 0) is 12.8 Å². The van der Waals surface area contributed by atoms with Crippen LogP contribution in [0.5, 0.6) is 0 Å². The maximum absolute atomic E-state index is 3.20. The fourth-order valence-electron chi connectivity index (χ4n) is 1.70. The summed E-state index contributed by atoms with van der Waals surface area (Å²) in [7, 11) is 0. The normalized spacial score (nSPS) is 16.9. The second-order valence-corrected chi connectivity index (χ2v) is 3.04. The van der Waals surface area contributed by atoms with Crippen molar-refractivity contribution >= 4 is 0 Å². The standard InChI is InChI=1S/C8H12N2/c1-6-7-4-2-3-5-8(7)10-9-6/h2-5H2,1H3,(H,9,10)/p+1. The SMILES string of the molecule is Cc1[nH][nH+]c2c1CCCC2. The van der Waals surface area contributed by atoms with E-state index < -0.39 is 0 Å². The van der Waals surface area contributed by atoms with Crippen LogP contribution in [0.15, 0.2) is 0 Å². The van der Waals surface area contributed by atoms with Crippen LogP contribution < -0.4 is 5.10 Å². The predicted molar refractivity (Wildman–Crippen MR) is 38.7 cm³/mol. The molecule has 1 aliphatic rings. The van der Waals surface area contributed by atoms with E-state index in [4.69, 9.17) is 0 Å². The Balaban J connectivity index is 2.45. The van der Waals surface area contributed by atoms with E-state index >= 15 is 0 Å². The van der Waals surface area contributed by atoms with Crippen LogP contribution in [0.2, 0.25) is 0 Å². The van der Waals surface area contributed by atoms with Crippen LogP contribution in [0.4, 0.5) is 0 Å². The van der Waals surface area contributed by atoms with Crippen LogP contribution in [0.3, 0.4) is 0 Å². The molecule has 54 valence electrons. The van der Waals surface area contributed by atoms with Gasteiger partial charge in [-0.15, -0.1) is 5.10 Å². The molecule has 2 heteroatoms. The Bertz CT molecular complexity index is 237. The summed E-state index contributed by atoms with van der Waals surface area (Å²) in [6, 6.07) is 0. The quantitative estimate of drug-likeness (QED) is 0.553. The van der Waals surface area contributed by atoms with Crippen LogP contribution in [-0.4, -0.2) is 5.10 Å².